The van der Waals surface area contributed by atoms with Crippen molar-refractivity contribution < 1.29 is 8.42 Å². The van der Waals surface area contributed by atoms with Crippen LogP contribution >= 0.6 is 11.6 Å². The molecule has 0 radical (unpaired) electrons. The Morgan fingerprint density at radius 2 is 1.96 bits per heavy atom. The number of nitrogens with zero attached hydrogens (tertiary/aromatic N) is 2. The molecule has 1 aromatic heterocycles. The van der Waals surface area contributed by atoms with Gasteiger partial charge in [0, 0.05) is 10.7 Å². The minimum atomic E-state index is -3.44. The fourth-order valence-electron chi connectivity index (χ4n) is 2.60. The summed E-state index contributed by atoms with van der Waals surface area (Å²) in [6, 6.07) is 9.44. The molecule has 2 N–H and O–H groups in total. The van der Waals surface area contributed by atoms with E-state index in [-0.39, 0.29) is 22.8 Å². The Morgan fingerprint density at radius 1 is 1.20 bits per heavy atom. The van der Waals surface area contributed by atoms with Gasteiger partial charge in [0.05, 0.1) is 34.4 Å². The lowest BCUT2D eigenvalue weighted by Gasteiger charge is -2.12. The van der Waals surface area contributed by atoms with E-state index in [2.05, 4.69) is 4.98 Å². The van der Waals surface area contributed by atoms with Crippen LogP contribution in [0, 0.1) is 0 Å². The normalized spacial score (nSPS) is 11.8. The second kappa shape index (κ2) is 6.50. The number of halogens is 1. The molecule has 130 valence electrons. The van der Waals surface area contributed by atoms with Gasteiger partial charge in [0.2, 0.25) is 0 Å². The van der Waals surface area contributed by atoms with Crippen molar-refractivity contribution in [1.82, 2.24) is 9.55 Å². The fraction of sp³-hybridized carbons (Fsp3) is 0.176. The summed E-state index contributed by atoms with van der Waals surface area (Å²) in [6.07, 6.45) is 1.39. The maximum atomic E-state index is 12.7. The quantitative estimate of drug-likeness (QED) is 0.705. The Bertz CT molecular complexity index is 1120. The third kappa shape index (κ3) is 3.38. The van der Waals surface area contributed by atoms with Gasteiger partial charge >= 0.3 is 0 Å². The SMILES string of the molecule is CCS(=O)(=O)c1ccc(Cl)cc1Cn1cnc2ccc(N)cc2c1=O. The van der Waals surface area contributed by atoms with Crippen LogP contribution in [0.5, 0.6) is 0 Å². The van der Waals surface area contributed by atoms with Crippen molar-refractivity contribution in [3.8, 4) is 0 Å². The van der Waals surface area contributed by atoms with E-state index in [4.69, 9.17) is 17.3 Å². The van der Waals surface area contributed by atoms with E-state index >= 15 is 0 Å². The molecule has 3 rings (SSSR count). The first kappa shape index (κ1) is 17.4. The van der Waals surface area contributed by atoms with Gasteiger partial charge in [-0.05, 0) is 42.0 Å². The molecule has 0 atom stereocenters. The van der Waals surface area contributed by atoms with Gasteiger partial charge in [0.15, 0.2) is 9.84 Å². The molecule has 25 heavy (non-hydrogen) atoms. The van der Waals surface area contributed by atoms with E-state index < -0.39 is 9.84 Å². The first-order valence-corrected chi connectivity index (χ1v) is 9.60. The van der Waals surface area contributed by atoms with E-state index in [0.717, 1.165) is 0 Å². The van der Waals surface area contributed by atoms with Crippen molar-refractivity contribution in [2.24, 2.45) is 0 Å². The summed E-state index contributed by atoms with van der Waals surface area (Å²) in [5.41, 5.74) is 6.88. The average Bonchev–Trinajstić information content (AvgIpc) is 2.58. The lowest BCUT2D eigenvalue weighted by molar-refractivity contribution is 0.595. The number of nitrogens with two attached hydrogens (primary N) is 1. The van der Waals surface area contributed by atoms with Crippen molar-refractivity contribution in [1.29, 1.82) is 0 Å². The minimum absolute atomic E-state index is 0.0387. The number of hydrogen-bond donors (Lipinski definition) is 1. The monoisotopic (exact) mass is 377 g/mol. The van der Waals surface area contributed by atoms with E-state index in [9.17, 15) is 13.2 Å². The standard InChI is InChI=1S/C17H16ClN3O3S/c1-2-25(23,24)16-6-3-12(18)7-11(16)9-21-10-20-15-5-4-13(19)8-14(15)17(21)22/h3-8,10H,2,9,19H2,1H3. The summed E-state index contributed by atoms with van der Waals surface area (Å²) in [5, 5.41) is 0.778. The Hall–Kier alpha value is -2.38. The van der Waals surface area contributed by atoms with E-state index in [1.54, 1.807) is 31.2 Å². The zero-order valence-electron chi connectivity index (χ0n) is 13.4. The number of fused-ring (bicyclic) bond motifs is 1. The molecule has 0 aliphatic rings. The van der Waals surface area contributed by atoms with E-state index in [0.29, 0.717) is 27.2 Å². The Balaban J connectivity index is 2.15. The molecule has 3 aromatic rings. The van der Waals surface area contributed by atoms with Crippen molar-refractivity contribution >= 4 is 38.0 Å². The number of anilines is 1. The van der Waals surface area contributed by atoms with E-state index in [1.165, 1.54) is 23.0 Å². The second-order valence-electron chi connectivity index (χ2n) is 5.61. The summed E-state index contributed by atoms with van der Waals surface area (Å²) in [7, 11) is -3.44. The minimum Gasteiger partial charge on any atom is -0.399 e. The molecule has 0 unspecified atom stereocenters. The number of hydrogen-bond acceptors (Lipinski definition) is 5. The number of sulfone groups is 1. The number of nitrogen functional groups attached to an aromatic ring is 1. The summed E-state index contributed by atoms with van der Waals surface area (Å²) in [4.78, 5) is 17.1. The highest BCUT2D eigenvalue weighted by atomic mass is 35.5. The molecule has 8 heteroatoms. The molecule has 6 nitrogen and oxygen atoms in total. The van der Waals surface area contributed by atoms with Crippen molar-refractivity contribution in [3.63, 3.8) is 0 Å². The van der Waals surface area contributed by atoms with Crippen molar-refractivity contribution in [2.75, 3.05) is 11.5 Å². The van der Waals surface area contributed by atoms with Crippen LogP contribution in [0.1, 0.15) is 12.5 Å². The number of rotatable bonds is 4. The Morgan fingerprint density at radius 3 is 2.68 bits per heavy atom. The highest BCUT2D eigenvalue weighted by Gasteiger charge is 2.18. The molecular formula is C17H16ClN3O3S. The lowest BCUT2D eigenvalue weighted by Crippen LogP contribution is -2.22. The molecule has 0 fully saturated rings. The first-order valence-electron chi connectivity index (χ1n) is 7.57. The van der Waals surface area contributed by atoms with Crippen molar-refractivity contribution in [3.05, 3.63) is 63.7 Å². The van der Waals surface area contributed by atoms with Gasteiger partial charge in [0.1, 0.15) is 0 Å². The number of aromatic nitrogens is 2. The van der Waals surface area contributed by atoms with Crippen LogP contribution < -0.4 is 11.3 Å². The summed E-state index contributed by atoms with van der Waals surface area (Å²) in [5.74, 6) is -0.0387. The third-order valence-electron chi connectivity index (χ3n) is 3.93. The van der Waals surface area contributed by atoms with Gasteiger partial charge < -0.3 is 5.73 Å². The molecule has 0 spiro atoms. The fourth-order valence-corrected chi connectivity index (χ4v) is 3.91. The smallest absolute Gasteiger partial charge is 0.261 e. The zero-order valence-corrected chi connectivity index (χ0v) is 15.0. The van der Waals surface area contributed by atoms with Gasteiger partial charge in [-0.3, -0.25) is 9.36 Å². The zero-order chi connectivity index (χ0) is 18.2. The van der Waals surface area contributed by atoms with Crippen LogP contribution in [-0.2, 0) is 16.4 Å². The van der Waals surface area contributed by atoms with Crippen LogP contribution in [0.2, 0.25) is 5.02 Å². The van der Waals surface area contributed by atoms with Gasteiger partial charge in [-0.15, -0.1) is 0 Å². The van der Waals surface area contributed by atoms with Crippen molar-refractivity contribution in [2.45, 2.75) is 18.4 Å². The van der Waals surface area contributed by atoms with Crippen LogP contribution in [-0.4, -0.2) is 23.7 Å². The van der Waals surface area contributed by atoms with Gasteiger partial charge in [-0.2, -0.15) is 0 Å². The van der Waals surface area contributed by atoms with Crippen LogP contribution in [0.3, 0.4) is 0 Å². The van der Waals surface area contributed by atoms with Gasteiger partial charge in [0.25, 0.3) is 5.56 Å². The number of benzene rings is 2. The molecule has 0 saturated heterocycles. The highest BCUT2D eigenvalue weighted by molar-refractivity contribution is 7.91. The molecule has 0 aliphatic heterocycles. The maximum absolute atomic E-state index is 12.7. The molecule has 1 heterocycles. The average molecular weight is 378 g/mol. The maximum Gasteiger partial charge on any atom is 0.261 e. The van der Waals surface area contributed by atoms with Crippen LogP contribution in [0.15, 0.2) is 52.4 Å². The topological polar surface area (TPSA) is 95.1 Å². The van der Waals surface area contributed by atoms with Crippen LogP contribution in [0.25, 0.3) is 10.9 Å². The largest absolute Gasteiger partial charge is 0.399 e. The van der Waals surface area contributed by atoms with Gasteiger partial charge in [-0.1, -0.05) is 18.5 Å². The van der Waals surface area contributed by atoms with E-state index in [1.807, 2.05) is 0 Å². The molecular weight excluding hydrogens is 362 g/mol. The predicted octanol–water partition coefficient (Wildman–Crippen LogP) is 2.47. The molecule has 0 aliphatic carbocycles. The molecule has 0 saturated carbocycles. The Labute approximate surface area is 149 Å². The second-order valence-corrected chi connectivity index (χ2v) is 8.29. The summed E-state index contributed by atoms with van der Waals surface area (Å²) in [6.45, 7) is 1.62. The Kier molecular flexibility index (Phi) is 4.53. The molecule has 0 amide bonds. The first-order chi connectivity index (χ1) is 11.8. The predicted molar refractivity (Wildman–Crippen MR) is 98.7 cm³/mol. The molecule has 0 bridgehead atoms. The summed E-state index contributed by atoms with van der Waals surface area (Å²) >= 11 is 6.02. The third-order valence-corrected chi connectivity index (χ3v) is 5.99. The molecule has 2 aromatic carbocycles. The van der Waals surface area contributed by atoms with Gasteiger partial charge in [-0.25, -0.2) is 13.4 Å². The van der Waals surface area contributed by atoms with Crippen LogP contribution in [0.4, 0.5) is 5.69 Å². The highest BCUT2D eigenvalue weighted by Crippen LogP contribution is 2.22. The lowest BCUT2D eigenvalue weighted by atomic mass is 10.2. The summed E-state index contributed by atoms with van der Waals surface area (Å²) < 4.78 is 26.0.